The smallest absolute Gasteiger partial charge is 0.375 e. The summed E-state index contributed by atoms with van der Waals surface area (Å²) in [4.78, 5) is 16.8. The van der Waals surface area contributed by atoms with Gasteiger partial charge in [-0.15, -0.1) is 0 Å². The fraction of sp³-hybridized carbons (Fsp3) is 0.0952. The molecular weight excluding hydrogens is 381 g/mol. The first-order chi connectivity index (χ1) is 13.8. The molecule has 0 aliphatic rings. The molecule has 2 aromatic carbocycles. The zero-order chi connectivity index (χ0) is 21.0. The zero-order valence-corrected chi connectivity index (χ0v) is 15.3. The summed E-state index contributed by atoms with van der Waals surface area (Å²) in [6.07, 6.45) is -2.58. The SMILES string of the molecule is CN/C(=C\C(=N)C(F)(F)F)NC(=O)c1ccc2cc(-c3ccccc3)cnc2c1. The normalized spacial score (nSPS) is 11.9. The summed E-state index contributed by atoms with van der Waals surface area (Å²) in [6, 6.07) is 16.5. The number of hydrogen-bond donors (Lipinski definition) is 3. The van der Waals surface area contributed by atoms with E-state index in [-0.39, 0.29) is 11.4 Å². The minimum atomic E-state index is -4.80. The largest absolute Gasteiger partial charge is 0.432 e. The molecule has 3 aromatic rings. The first-order valence-electron chi connectivity index (χ1n) is 8.59. The van der Waals surface area contributed by atoms with Crippen LogP contribution in [0.3, 0.4) is 0 Å². The van der Waals surface area contributed by atoms with Gasteiger partial charge in [0.05, 0.1) is 5.52 Å². The molecule has 1 heterocycles. The number of benzene rings is 2. The van der Waals surface area contributed by atoms with Crippen molar-refractivity contribution in [2.75, 3.05) is 7.05 Å². The highest BCUT2D eigenvalue weighted by atomic mass is 19.4. The van der Waals surface area contributed by atoms with Crippen molar-refractivity contribution in [1.29, 1.82) is 5.41 Å². The summed E-state index contributed by atoms with van der Waals surface area (Å²) in [5.41, 5.74) is 1.18. The van der Waals surface area contributed by atoms with Crippen LogP contribution in [0.15, 0.2) is 72.7 Å². The average molecular weight is 398 g/mol. The molecule has 148 valence electrons. The molecule has 0 bridgehead atoms. The number of hydrogen-bond acceptors (Lipinski definition) is 4. The quantitative estimate of drug-likeness (QED) is 0.562. The minimum Gasteiger partial charge on any atom is -0.375 e. The number of carbonyl (C=O) groups excluding carboxylic acids is 1. The van der Waals surface area contributed by atoms with Gasteiger partial charge in [-0.25, -0.2) is 0 Å². The molecule has 0 fully saturated rings. The molecule has 0 unspecified atom stereocenters. The van der Waals surface area contributed by atoms with E-state index in [2.05, 4.69) is 15.6 Å². The van der Waals surface area contributed by atoms with Crippen LogP contribution in [0.1, 0.15) is 10.4 Å². The summed E-state index contributed by atoms with van der Waals surface area (Å²) >= 11 is 0. The third-order valence-corrected chi connectivity index (χ3v) is 4.17. The Labute approximate surface area is 164 Å². The van der Waals surface area contributed by atoms with Gasteiger partial charge < -0.3 is 10.6 Å². The lowest BCUT2D eigenvalue weighted by Crippen LogP contribution is -2.32. The number of halogens is 3. The molecule has 0 atom stereocenters. The fourth-order valence-corrected chi connectivity index (χ4v) is 2.64. The summed E-state index contributed by atoms with van der Waals surface area (Å²) in [6.45, 7) is 0. The van der Waals surface area contributed by atoms with Crippen LogP contribution in [0, 0.1) is 5.41 Å². The van der Waals surface area contributed by atoms with E-state index < -0.39 is 17.8 Å². The van der Waals surface area contributed by atoms with Crippen LogP contribution in [0.2, 0.25) is 0 Å². The van der Waals surface area contributed by atoms with E-state index in [4.69, 9.17) is 5.41 Å². The summed E-state index contributed by atoms with van der Waals surface area (Å²) in [5, 5.41) is 12.6. The van der Waals surface area contributed by atoms with Crippen molar-refractivity contribution in [3.05, 3.63) is 78.3 Å². The van der Waals surface area contributed by atoms with E-state index in [1.54, 1.807) is 24.4 Å². The maximum Gasteiger partial charge on any atom is 0.432 e. The number of alkyl halides is 3. The van der Waals surface area contributed by atoms with Crippen molar-refractivity contribution in [3.63, 3.8) is 0 Å². The van der Waals surface area contributed by atoms with Gasteiger partial charge in [-0.1, -0.05) is 36.4 Å². The van der Waals surface area contributed by atoms with Crippen LogP contribution < -0.4 is 10.6 Å². The fourth-order valence-electron chi connectivity index (χ4n) is 2.64. The van der Waals surface area contributed by atoms with Crippen molar-refractivity contribution < 1.29 is 18.0 Å². The maximum atomic E-state index is 12.5. The van der Waals surface area contributed by atoms with Crippen LogP contribution in [0.5, 0.6) is 0 Å². The second-order valence-electron chi connectivity index (χ2n) is 6.17. The average Bonchev–Trinajstić information content (AvgIpc) is 2.72. The van der Waals surface area contributed by atoms with Gasteiger partial charge in [0.25, 0.3) is 5.91 Å². The number of fused-ring (bicyclic) bond motifs is 1. The molecule has 0 aliphatic carbocycles. The Bertz CT molecular complexity index is 1090. The number of allylic oxidation sites excluding steroid dienone is 1. The van der Waals surface area contributed by atoms with Gasteiger partial charge in [-0.05, 0) is 23.8 Å². The molecular formula is C21H17F3N4O. The van der Waals surface area contributed by atoms with Gasteiger partial charge in [0.1, 0.15) is 11.5 Å². The number of amides is 1. The van der Waals surface area contributed by atoms with Crippen molar-refractivity contribution >= 4 is 22.5 Å². The van der Waals surface area contributed by atoms with E-state index in [0.29, 0.717) is 11.6 Å². The Morgan fingerprint density at radius 3 is 2.45 bits per heavy atom. The van der Waals surface area contributed by atoms with E-state index in [1.165, 1.54) is 7.05 Å². The lowest BCUT2D eigenvalue weighted by Gasteiger charge is -2.11. The van der Waals surface area contributed by atoms with Gasteiger partial charge in [-0.3, -0.25) is 15.2 Å². The molecule has 3 rings (SSSR count). The van der Waals surface area contributed by atoms with Crippen LogP contribution in [-0.4, -0.2) is 29.8 Å². The third kappa shape index (κ3) is 4.78. The van der Waals surface area contributed by atoms with Crippen molar-refractivity contribution in [2.45, 2.75) is 6.18 Å². The monoisotopic (exact) mass is 398 g/mol. The molecule has 8 heteroatoms. The molecule has 1 aromatic heterocycles. The van der Waals surface area contributed by atoms with Crippen LogP contribution in [0.4, 0.5) is 13.2 Å². The number of nitrogens with one attached hydrogen (secondary N) is 3. The van der Waals surface area contributed by atoms with Gasteiger partial charge in [0.2, 0.25) is 0 Å². The Morgan fingerprint density at radius 1 is 1.07 bits per heavy atom. The molecule has 29 heavy (non-hydrogen) atoms. The molecule has 0 aliphatic heterocycles. The highest BCUT2D eigenvalue weighted by Crippen LogP contribution is 2.23. The molecule has 0 spiro atoms. The molecule has 0 saturated carbocycles. The number of carbonyl (C=O) groups is 1. The highest BCUT2D eigenvalue weighted by Gasteiger charge is 2.33. The van der Waals surface area contributed by atoms with Gasteiger partial charge in [-0.2, -0.15) is 13.2 Å². The first kappa shape index (κ1) is 20.1. The predicted molar refractivity (Wildman–Crippen MR) is 106 cm³/mol. The van der Waals surface area contributed by atoms with E-state index >= 15 is 0 Å². The van der Waals surface area contributed by atoms with Crippen LogP contribution in [-0.2, 0) is 0 Å². The van der Waals surface area contributed by atoms with E-state index in [0.717, 1.165) is 16.5 Å². The second kappa shape index (κ2) is 8.14. The summed E-state index contributed by atoms with van der Waals surface area (Å²) < 4.78 is 37.6. The van der Waals surface area contributed by atoms with E-state index in [1.807, 2.05) is 36.4 Å². The highest BCUT2D eigenvalue weighted by molar-refractivity contribution is 6.01. The molecule has 0 saturated heterocycles. The number of rotatable bonds is 5. The Balaban J connectivity index is 1.83. The summed E-state index contributed by atoms with van der Waals surface area (Å²) in [7, 11) is 1.35. The van der Waals surface area contributed by atoms with Crippen LogP contribution in [0.25, 0.3) is 22.0 Å². The Hall–Kier alpha value is -3.68. The van der Waals surface area contributed by atoms with Gasteiger partial charge in [0, 0.05) is 35.8 Å². The zero-order valence-electron chi connectivity index (χ0n) is 15.3. The molecule has 1 amide bonds. The molecule has 3 N–H and O–H groups in total. The minimum absolute atomic E-state index is 0.232. The number of pyridine rings is 1. The Kier molecular flexibility index (Phi) is 5.63. The molecule has 0 radical (unpaired) electrons. The number of aromatic nitrogens is 1. The first-order valence-corrected chi connectivity index (χ1v) is 8.59. The number of nitrogens with zero attached hydrogens (tertiary/aromatic N) is 1. The lowest BCUT2D eigenvalue weighted by molar-refractivity contribution is -0.0584. The van der Waals surface area contributed by atoms with Crippen molar-refractivity contribution in [1.82, 2.24) is 15.6 Å². The topological polar surface area (TPSA) is 77.9 Å². The standard InChI is InChI=1S/C21H17F3N4O/c1-26-19(11-18(25)21(22,23)24)28-20(29)15-8-7-14-9-16(12-27-17(14)10-15)13-5-3-2-4-6-13/h2-12,25-26H,1H3,(H,28,29)/b19-11+,25-18?. The second-order valence-corrected chi connectivity index (χ2v) is 6.17. The predicted octanol–water partition coefficient (Wildman–Crippen LogP) is 4.27. The van der Waals surface area contributed by atoms with Crippen molar-refractivity contribution in [3.8, 4) is 11.1 Å². The Morgan fingerprint density at radius 2 is 1.79 bits per heavy atom. The van der Waals surface area contributed by atoms with Crippen LogP contribution >= 0.6 is 0 Å². The molecule has 5 nitrogen and oxygen atoms in total. The maximum absolute atomic E-state index is 12.5. The van der Waals surface area contributed by atoms with Gasteiger partial charge in [0.15, 0.2) is 0 Å². The van der Waals surface area contributed by atoms with E-state index in [9.17, 15) is 18.0 Å². The lowest BCUT2D eigenvalue weighted by atomic mass is 10.0. The third-order valence-electron chi connectivity index (χ3n) is 4.17. The summed E-state index contributed by atoms with van der Waals surface area (Å²) in [5.74, 6) is -0.846. The van der Waals surface area contributed by atoms with Crippen molar-refractivity contribution in [2.24, 2.45) is 0 Å². The van der Waals surface area contributed by atoms with Gasteiger partial charge >= 0.3 is 6.18 Å².